The van der Waals surface area contributed by atoms with E-state index in [0.717, 1.165) is 0 Å². The van der Waals surface area contributed by atoms with Gasteiger partial charge in [0, 0.05) is 0 Å². The minimum Gasteiger partial charge on any atom is -0.0654 e. The first-order chi connectivity index (χ1) is 16.9. The molecule has 1 heteroatoms. The standard InChI is InChI=1S/C34H47P/c1-8-11-18-29-23-24-34(31(20-13-10-3)30(29)19-12-9-2)35(32-21-14-16-25(4)27(32)6)33-22-15-17-26(5)28(33)7/h14-17,21-24H,8-13,18-20H2,1-7H3. The molecule has 0 aromatic heterocycles. The van der Waals surface area contributed by atoms with E-state index in [2.05, 4.69) is 97.0 Å². The minimum absolute atomic E-state index is 0.614. The molecule has 0 N–H and O–H groups in total. The summed E-state index contributed by atoms with van der Waals surface area (Å²) in [5.41, 5.74) is 10.7. The molecule has 3 aromatic rings. The summed E-state index contributed by atoms with van der Waals surface area (Å²) in [6.45, 7) is 16.2. The van der Waals surface area contributed by atoms with Crippen molar-refractivity contribution in [1.82, 2.24) is 0 Å². The molecule has 0 saturated heterocycles. The number of hydrogen-bond donors (Lipinski definition) is 0. The second-order valence-electron chi connectivity index (χ2n) is 10.3. The van der Waals surface area contributed by atoms with E-state index in [0.29, 0.717) is 0 Å². The molecule has 3 rings (SSSR count). The Balaban J connectivity index is 2.34. The molecule has 0 bridgehead atoms. The van der Waals surface area contributed by atoms with Crippen LogP contribution in [0.25, 0.3) is 0 Å². The maximum Gasteiger partial charge on any atom is -0.0116 e. The molecule has 35 heavy (non-hydrogen) atoms. The summed E-state index contributed by atoms with van der Waals surface area (Å²) in [5.74, 6) is 0. The van der Waals surface area contributed by atoms with Gasteiger partial charge in [-0.15, -0.1) is 0 Å². The van der Waals surface area contributed by atoms with Crippen molar-refractivity contribution in [1.29, 1.82) is 0 Å². The van der Waals surface area contributed by atoms with Crippen LogP contribution < -0.4 is 15.9 Å². The monoisotopic (exact) mass is 486 g/mol. The number of benzene rings is 3. The summed E-state index contributed by atoms with van der Waals surface area (Å²) in [7, 11) is -0.614. The Bertz CT molecular complexity index is 1060. The van der Waals surface area contributed by atoms with Gasteiger partial charge < -0.3 is 0 Å². The molecular formula is C34H47P. The van der Waals surface area contributed by atoms with Gasteiger partial charge in [-0.05, 0) is 129 Å². The Labute approximate surface area is 217 Å². The third kappa shape index (κ3) is 6.46. The topological polar surface area (TPSA) is 0 Å². The lowest BCUT2D eigenvalue weighted by molar-refractivity contribution is 0.737. The van der Waals surface area contributed by atoms with E-state index in [9.17, 15) is 0 Å². The van der Waals surface area contributed by atoms with Crippen molar-refractivity contribution < 1.29 is 0 Å². The molecule has 0 atom stereocenters. The molecule has 0 fully saturated rings. The number of hydrogen-bond acceptors (Lipinski definition) is 0. The van der Waals surface area contributed by atoms with Crippen LogP contribution in [0.2, 0.25) is 0 Å². The SMILES string of the molecule is CCCCc1ccc(P(c2cccc(C)c2C)c2cccc(C)c2C)c(CCCC)c1CCCC. The smallest absolute Gasteiger partial charge is 0.0116 e. The molecular weight excluding hydrogens is 439 g/mol. The second-order valence-corrected chi connectivity index (χ2v) is 12.4. The van der Waals surface area contributed by atoms with Gasteiger partial charge >= 0.3 is 0 Å². The van der Waals surface area contributed by atoms with Gasteiger partial charge in [0.05, 0.1) is 0 Å². The molecule has 0 aliphatic carbocycles. The maximum absolute atomic E-state index is 2.54. The van der Waals surface area contributed by atoms with Gasteiger partial charge in [-0.1, -0.05) is 88.6 Å². The highest BCUT2D eigenvalue weighted by atomic mass is 31.1. The van der Waals surface area contributed by atoms with Crippen molar-refractivity contribution in [2.24, 2.45) is 0 Å². The van der Waals surface area contributed by atoms with Gasteiger partial charge in [-0.3, -0.25) is 0 Å². The van der Waals surface area contributed by atoms with Crippen LogP contribution in [0.5, 0.6) is 0 Å². The fourth-order valence-corrected chi connectivity index (χ4v) is 8.20. The predicted octanol–water partition coefficient (Wildman–Crippen LogP) is 8.71. The Hall–Kier alpha value is -1.91. The molecule has 0 saturated carbocycles. The minimum atomic E-state index is -0.614. The van der Waals surface area contributed by atoms with Gasteiger partial charge in [0.15, 0.2) is 0 Å². The average molecular weight is 487 g/mol. The highest BCUT2D eigenvalue weighted by Crippen LogP contribution is 2.39. The molecule has 0 spiro atoms. The number of unbranched alkanes of at least 4 members (excludes halogenated alkanes) is 3. The van der Waals surface area contributed by atoms with Crippen molar-refractivity contribution >= 4 is 23.8 Å². The van der Waals surface area contributed by atoms with Crippen LogP contribution in [0, 0.1) is 27.7 Å². The molecule has 0 nitrogen and oxygen atoms in total. The zero-order valence-corrected chi connectivity index (χ0v) is 24.3. The Morgan fingerprint density at radius 2 is 1.00 bits per heavy atom. The zero-order chi connectivity index (χ0) is 25.4. The van der Waals surface area contributed by atoms with E-state index in [1.165, 1.54) is 90.7 Å². The summed E-state index contributed by atoms with van der Waals surface area (Å²) < 4.78 is 0. The van der Waals surface area contributed by atoms with Gasteiger partial charge in [-0.25, -0.2) is 0 Å². The van der Waals surface area contributed by atoms with E-state index in [1.54, 1.807) is 22.0 Å². The van der Waals surface area contributed by atoms with Crippen LogP contribution in [-0.2, 0) is 19.3 Å². The second kappa shape index (κ2) is 13.4. The van der Waals surface area contributed by atoms with Gasteiger partial charge in [0.25, 0.3) is 0 Å². The normalized spacial score (nSPS) is 11.4. The van der Waals surface area contributed by atoms with E-state index < -0.39 is 7.92 Å². The fraction of sp³-hybridized carbons (Fsp3) is 0.471. The third-order valence-electron chi connectivity index (χ3n) is 7.74. The number of rotatable bonds is 12. The molecule has 0 aliphatic rings. The highest BCUT2D eigenvalue weighted by Gasteiger charge is 2.25. The summed E-state index contributed by atoms with van der Waals surface area (Å²) >= 11 is 0. The maximum atomic E-state index is 2.54. The summed E-state index contributed by atoms with van der Waals surface area (Å²) in [6.07, 6.45) is 11.3. The molecule has 188 valence electrons. The van der Waals surface area contributed by atoms with Crippen LogP contribution in [-0.4, -0.2) is 0 Å². The van der Waals surface area contributed by atoms with E-state index in [1.807, 2.05) is 0 Å². The fourth-order valence-electron chi connectivity index (χ4n) is 5.18. The molecule has 0 heterocycles. The number of aryl methyl sites for hydroxylation is 3. The quantitative estimate of drug-likeness (QED) is 0.225. The molecule has 0 aliphatic heterocycles. The average Bonchev–Trinajstić information content (AvgIpc) is 2.86. The van der Waals surface area contributed by atoms with Crippen molar-refractivity contribution in [3.63, 3.8) is 0 Å². The van der Waals surface area contributed by atoms with Crippen molar-refractivity contribution in [2.75, 3.05) is 0 Å². The van der Waals surface area contributed by atoms with Gasteiger partial charge in [0.2, 0.25) is 0 Å². The van der Waals surface area contributed by atoms with E-state index in [-0.39, 0.29) is 0 Å². The van der Waals surface area contributed by atoms with Gasteiger partial charge in [-0.2, -0.15) is 0 Å². The van der Waals surface area contributed by atoms with E-state index in [4.69, 9.17) is 0 Å². The lowest BCUT2D eigenvalue weighted by Crippen LogP contribution is -2.28. The summed E-state index contributed by atoms with van der Waals surface area (Å²) in [6, 6.07) is 19.0. The highest BCUT2D eigenvalue weighted by molar-refractivity contribution is 7.80. The van der Waals surface area contributed by atoms with Crippen LogP contribution in [0.4, 0.5) is 0 Å². The van der Waals surface area contributed by atoms with Crippen LogP contribution in [0.15, 0.2) is 48.5 Å². The van der Waals surface area contributed by atoms with Crippen molar-refractivity contribution in [2.45, 2.75) is 106 Å². The molecule has 0 unspecified atom stereocenters. The van der Waals surface area contributed by atoms with Crippen LogP contribution in [0.1, 0.15) is 98.2 Å². The first-order valence-electron chi connectivity index (χ1n) is 14.0. The van der Waals surface area contributed by atoms with Crippen molar-refractivity contribution in [3.8, 4) is 0 Å². The third-order valence-corrected chi connectivity index (χ3v) is 10.6. The van der Waals surface area contributed by atoms with Crippen molar-refractivity contribution in [3.05, 3.63) is 87.5 Å². The Morgan fingerprint density at radius 1 is 0.514 bits per heavy atom. The lowest BCUT2D eigenvalue weighted by Gasteiger charge is -2.29. The zero-order valence-electron chi connectivity index (χ0n) is 23.4. The largest absolute Gasteiger partial charge is 0.0654 e. The van der Waals surface area contributed by atoms with Crippen LogP contribution in [0.3, 0.4) is 0 Å². The lowest BCUT2D eigenvalue weighted by atomic mass is 9.91. The first-order valence-corrected chi connectivity index (χ1v) is 15.3. The van der Waals surface area contributed by atoms with Crippen LogP contribution >= 0.6 is 7.92 Å². The van der Waals surface area contributed by atoms with Gasteiger partial charge in [0.1, 0.15) is 0 Å². The predicted molar refractivity (Wildman–Crippen MR) is 160 cm³/mol. The molecule has 0 amide bonds. The summed E-state index contributed by atoms with van der Waals surface area (Å²) in [5, 5.41) is 4.69. The summed E-state index contributed by atoms with van der Waals surface area (Å²) in [4.78, 5) is 0. The Kier molecular flexibility index (Phi) is 10.6. The Morgan fingerprint density at radius 3 is 1.51 bits per heavy atom. The molecule has 3 aromatic carbocycles. The molecule has 0 radical (unpaired) electrons. The first kappa shape index (κ1) is 27.7. The van der Waals surface area contributed by atoms with E-state index >= 15 is 0 Å².